The third-order valence-electron chi connectivity index (χ3n) is 4.87. The lowest BCUT2D eigenvalue weighted by molar-refractivity contribution is -0.112. The second kappa shape index (κ2) is 8.89. The maximum atomic E-state index is 13.0. The zero-order chi connectivity index (χ0) is 20.1. The molecular weight excluding hydrogens is 352 g/mol. The van der Waals surface area contributed by atoms with Crippen LogP contribution in [0.5, 0.6) is 11.5 Å². The Balaban J connectivity index is 1.92. The Kier molecular flexibility index (Phi) is 6.32. The van der Waals surface area contributed by atoms with Gasteiger partial charge in [-0.2, -0.15) is 0 Å². The first-order valence-electron chi connectivity index (χ1n) is 9.42. The molecule has 1 aliphatic rings. The Hall–Kier alpha value is -2.85. The van der Waals surface area contributed by atoms with Crippen molar-refractivity contribution in [2.75, 3.05) is 14.2 Å². The minimum absolute atomic E-state index is 0.0678. The maximum Gasteiger partial charge on any atom is 0.185 e. The van der Waals surface area contributed by atoms with Gasteiger partial charge in [0.1, 0.15) is 11.5 Å². The van der Waals surface area contributed by atoms with Crippen LogP contribution >= 0.6 is 0 Å². The number of carbonyl (C=O) groups excluding carboxylic acids is 1. The summed E-state index contributed by atoms with van der Waals surface area (Å²) < 4.78 is 10.6. The van der Waals surface area contributed by atoms with Gasteiger partial charge in [0.05, 0.1) is 20.8 Å². The standard InChI is InChI=1S/C24H26O4/c1-16-7-17(12-22(8-16)27-2)10-20-5-4-6-21(24(20)26)11-18-9-19(15-25)14-23(13-18)28-3/h7-14,25H,4-6,15H2,1-3H3/b20-10+,21-11+. The highest BCUT2D eigenvalue weighted by Gasteiger charge is 2.20. The quantitative estimate of drug-likeness (QED) is 0.765. The molecule has 2 aromatic carbocycles. The van der Waals surface area contributed by atoms with Gasteiger partial charge in [0.25, 0.3) is 0 Å². The largest absolute Gasteiger partial charge is 0.497 e. The van der Waals surface area contributed by atoms with Gasteiger partial charge in [0.2, 0.25) is 0 Å². The molecule has 1 fully saturated rings. The van der Waals surface area contributed by atoms with Crippen LogP contribution in [0.25, 0.3) is 12.2 Å². The molecule has 3 rings (SSSR count). The van der Waals surface area contributed by atoms with Crippen molar-refractivity contribution in [1.29, 1.82) is 0 Å². The number of methoxy groups -OCH3 is 2. The summed E-state index contributed by atoms with van der Waals surface area (Å²) in [5, 5.41) is 9.45. The third-order valence-corrected chi connectivity index (χ3v) is 4.87. The molecule has 0 heterocycles. The monoisotopic (exact) mass is 378 g/mol. The van der Waals surface area contributed by atoms with Gasteiger partial charge < -0.3 is 14.6 Å². The predicted octanol–water partition coefficient (Wildman–Crippen LogP) is 4.72. The minimum atomic E-state index is -0.0678. The van der Waals surface area contributed by atoms with E-state index in [1.54, 1.807) is 20.3 Å². The van der Waals surface area contributed by atoms with E-state index in [-0.39, 0.29) is 12.4 Å². The number of aliphatic hydroxyl groups is 1. The molecule has 0 radical (unpaired) electrons. The summed E-state index contributed by atoms with van der Waals surface area (Å²) >= 11 is 0. The molecule has 4 heteroatoms. The summed E-state index contributed by atoms with van der Waals surface area (Å²) in [7, 11) is 3.24. The summed E-state index contributed by atoms with van der Waals surface area (Å²) in [6.45, 7) is 1.95. The van der Waals surface area contributed by atoms with Crippen LogP contribution in [-0.2, 0) is 11.4 Å². The average Bonchev–Trinajstić information content (AvgIpc) is 2.70. The first-order valence-corrected chi connectivity index (χ1v) is 9.42. The van der Waals surface area contributed by atoms with Gasteiger partial charge >= 0.3 is 0 Å². The molecule has 1 saturated carbocycles. The van der Waals surface area contributed by atoms with E-state index in [4.69, 9.17) is 9.47 Å². The molecule has 0 bridgehead atoms. The van der Waals surface area contributed by atoms with E-state index < -0.39 is 0 Å². The van der Waals surface area contributed by atoms with Crippen LogP contribution in [0.3, 0.4) is 0 Å². The number of aryl methyl sites for hydroxylation is 1. The van der Waals surface area contributed by atoms with Crippen molar-refractivity contribution < 1.29 is 19.4 Å². The molecule has 4 nitrogen and oxygen atoms in total. The number of ether oxygens (including phenoxy) is 2. The van der Waals surface area contributed by atoms with E-state index in [0.717, 1.165) is 58.4 Å². The first kappa shape index (κ1) is 19.9. The number of rotatable bonds is 5. The number of allylic oxidation sites excluding steroid dienone is 2. The molecule has 0 atom stereocenters. The first-order chi connectivity index (χ1) is 13.5. The molecule has 0 saturated heterocycles. The number of ketones is 1. The molecular formula is C24H26O4. The molecule has 1 N–H and O–H groups in total. The molecule has 146 valence electrons. The molecule has 28 heavy (non-hydrogen) atoms. The second-order valence-electron chi connectivity index (χ2n) is 7.08. The number of hydrogen-bond acceptors (Lipinski definition) is 4. The lowest BCUT2D eigenvalue weighted by atomic mass is 9.86. The van der Waals surface area contributed by atoms with Gasteiger partial charge in [0, 0.05) is 11.1 Å². The Labute approximate surface area is 166 Å². The van der Waals surface area contributed by atoms with E-state index in [1.165, 1.54) is 0 Å². The van der Waals surface area contributed by atoms with Crippen LogP contribution in [0.1, 0.15) is 41.5 Å². The van der Waals surface area contributed by atoms with E-state index in [9.17, 15) is 9.90 Å². The maximum absolute atomic E-state index is 13.0. The molecule has 1 aliphatic carbocycles. The van der Waals surface area contributed by atoms with Crippen LogP contribution < -0.4 is 9.47 Å². The van der Waals surface area contributed by atoms with Crippen LogP contribution in [0.2, 0.25) is 0 Å². The van der Waals surface area contributed by atoms with E-state index in [1.807, 2.05) is 43.3 Å². The number of carbonyl (C=O) groups is 1. The third kappa shape index (κ3) is 4.70. The van der Waals surface area contributed by atoms with Gasteiger partial charge in [0.15, 0.2) is 5.78 Å². The fraction of sp³-hybridized carbons (Fsp3) is 0.292. The number of Topliss-reactive ketones (excluding diaryl/α,β-unsaturated/α-hetero) is 1. The van der Waals surface area contributed by atoms with Gasteiger partial charge in [-0.15, -0.1) is 0 Å². The van der Waals surface area contributed by atoms with Crippen molar-refractivity contribution in [3.63, 3.8) is 0 Å². The number of aliphatic hydroxyl groups excluding tert-OH is 1. The van der Waals surface area contributed by atoms with Crippen LogP contribution in [0.4, 0.5) is 0 Å². The van der Waals surface area contributed by atoms with E-state index >= 15 is 0 Å². The van der Waals surface area contributed by atoms with Crippen molar-refractivity contribution in [2.45, 2.75) is 32.8 Å². The smallest absolute Gasteiger partial charge is 0.185 e. The summed E-state index contributed by atoms with van der Waals surface area (Å²) in [6, 6.07) is 11.5. The van der Waals surface area contributed by atoms with Gasteiger partial charge in [-0.1, -0.05) is 6.07 Å². The number of benzene rings is 2. The summed E-state index contributed by atoms with van der Waals surface area (Å²) in [4.78, 5) is 13.0. The summed E-state index contributed by atoms with van der Waals surface area (Å²) in [5.74, 6) is 1.54. The molecule has 0 unspecified atom stereocenters. The zero-order valence-corrected chi connectivity index (χ0v) is 16.6. The van der Waals surface area contributed by atoms with Crippen molar-refractivity contribution in [1.82, 2.24) is 0 Å². The van der Waals surface area contributed by atoms with Crippen LogP contribution in [-0.4, -0.2) is 25.1 Å². The molecule has 0 spiro atoms. The Morgan fingerprint density at radius 3 is 2.04 bits per heavy atom. The van der Waals surface area contributed by atoms with Crippen molar-refractivity contribution in [3.8, 4) is 11.5 Å². The van der Waals surface area contributed by atoms with Crippen LogP contribution in [0.15, 0.2) is 47.5 Å². The highest BCUT2D eigenvalue weighted by Crippen LogP contribution is 2.30. The lowest BCUT2D eigenvalue weighted by Crippen LogP contribution is -2.12. The fourth-order valence-electron chi connectivity index (χ4n) is 3.54. The molecule has 0 amide bonds. The van der Waals surface area contributed by atoms with Crippen molar-refractivity contribution in [3.05, 3.63) is 69.8 Å². The highest BCUT2D eigenvalue weighted by atomic mass is 16.5. The summed E-state index contributed by atoms with van der Waals surface area (Å²) in [5.41, 5.74) is 5.30. The van der Waals surface area contributed by atoms with Crippen LogP contribution in [0, 0.1) is 6.92 Å². The predicted molar refractivity (Wildman–Crippen MR) is 111 cm³/mol. The van der Waals surface area contributed by atoms with Gasteiger partial charge in [-0.05, 0) is 90.9 Å². The normalized spacial score (nSPS) is 17.2. The van der Waals surface area contributed by atoms with E-state index in [0.29, 0.717) is 5.75 Å². The molecule has 0 aromatic heterocycles. The Morgan fingerprint density at radius 1 is 0.893 bits per heavy atom. The lowest BCUT2D eigenvalue weighted by Gasteiger charge is -2.17. The van der Waals surface area contributed by atoms with E-state index in [2.05, 4.69) is 6.07 Å². The zero-order valence-electron chi connectivity index (χ0n) is 16.6. The fourth-order valence-corrected chi connectivity index (χ4v) is 3.54. The van der Waals surface area contributed by atoms with Gasteiger partial charge in [-0.3, -0.25) is 4.79 Å². The van der Waals surface area contributed by atoms with Gasteiger partial charge in [-0.25, -0.2) is 0 Å². The van der Waals surface area contributed by atoms with Crippen molar-refractivity contribution in [2.24, 2.45) is 0 Å². The topological polar surface area (TPSA) is 55.8 Å². The minimum Gasteiger partial charge on any atom is -0.497 e. The average molecular weight is 378 g/mol. The second-order valence-corrected chi connectivity index (χ2v) is 7.08. The highest BCUT2D eigenvalue weighted by molar-refractivity contribution is 6.14. The molecule has 2 aromatic rings. The molecule has 0 aliphatic heterocycles. The SMILES string of the molecule is COc1cc(C)cc(/C=C2\CCC/C(=C\c3cc(CO)cc(OC)c3)C2=O)c1. The number of hydrogen-bond donors (Lipinski definition) is 1. The van der Waals surface area contributed by atoms with Crippen molar-refractivity contribution >= 4 is 17.9 Å². The Morgan fingerprint density at radius 2 is 1.46 bits per heavy atom. The summed E-state index contributed by atoms with van der Waals surface area (Å²) in [6.07, 6.45) is 6.33. The Bertz CT molecular complexity index is 915.